The van der Waals surface area contributed by atoms with Crippen LogP contribution in [0.1, 0.15) is 16.8 Å². The maximum atomic E-state index is 8.95. The summed E-state index contributed by atoms with van der Waals surface area (Å²) < 4.78 is 1.84. The molecule has 0 saturated heterocycles. The molecular formula is C17H16N4. The summed E-state index contributed by atoms with van der Waals surface area (Å²) in [6.07, 6.45) is 3.80. The number of nitriles is 1. The number of pyridine rings is 1. The molecule has 0 saturated carbocycles. The summed E-state index contributed by atoms with van der Waals surface area (Å²) in [7, 11) is 1.89. The lowest BCUT2D eigenvalue weighted by Gasteiger charge is -2.06. The van der Waals surface area contributed by atoms with Gasteiger partial charge in [0.05, 0.1) is 5.52 Å². The highest BCUT2D eigenvalue weighted by Crippen LogP contribution is 2.15. The zero-order valence-electron chi connectivity index (χ0n) is 11.9. The molecule has 3 rings (SSSR count). The van der Waals surface area contributed by atoms with Gasteiger partial charge >= 0.3 is 0 Å². The summed E-state index contributed by atoms with van der Waals surface area (Å²) in [5.74, 6) is 0. The second-order valence-corrected chi connectivity index (χ2v) is 5.05. The Labute approximate surface area is 123 Å². The summed E-state index contributed by atoms with van der Waals surface area (Å²) >= 11 is 0. The Kier molecular flexibility index (Phi) is 3.67. The van der Waals surface area contributed by atoms with Crippen molar-refractivity contribution in [1.29, 1.82) is 5.26 Å². The number of para-hydroxylation sites is 1. The van der Waals surface area contributed by atoms with Crippen LogP contribution in [0.3, 0.4) is 0 Å². The van der Waals surface area contributed by atoms with E-state index >= 15 is 0 Å². The molecule has 0 spiro atoms. The molecule has 21 heavy (non-hydrogen) atoms. The number of hydrogen-bond acceptors (Lipinski definition) is 3. The van der Waals surface area contributed by atoms with Crippen LogP contribution in [0.25, 0.3) is 10.9 Å². The van der Waals surface area contributed by atoms with Crippen LogP contribution in [0, 0.1) is 11.3 Å². The molecule has 0 fully saturated rings. The SMILES string of the molecule is Cn1cc(CNCc2cccc3cccnc23)cc1C#N. The maximum Gasteiger partial charge on any atom is 0.120 e. The van der Waals surface area contributed by atoms with E-state index in [1.54, 1.807) is 0 Å². The van der Waals surface area contributed by atoms with Gasteiger partial charge in [-0.25, -0.2) is 0 Å². The number of aromatic nitrogens is 2. The average molecular weight is 276 g/mol. The van der Waals surface area contributed by atoms with E-state index in [0.29, 0.717) is 5.69 Å². The first kappa shape index (κ1) is 13.3. The predicted molar refractivity (Wildman–Crippen MR) is 82.4 cm³/mol. The number of benzene rings is 1. The molecule has 0 aliphatic heterocycles. The molecule has 2 heterocycles. The summed E-state index contributed by atoms with van der Waals surface area (Å²) in [5, 5.41) is 13.5. The lowest BCUT2D eigenvalue weighted by Crippen LogP contribution is -2.12. The molecule has 2 aromatic heterocycles. The van der Waals surface area contributed by atoms with Crippen molar-refractivity contribution >= 4 is 10.9 Å². The normalized spacial score (nSPS) is 10.7. The Morgan fingerprint density at radius 2 is 2.10 bits per heavy atom. The fourth-order valence-corrected chi connectivity index (χ4v) is 2.49. The van der Waals surface area contributed by atoms with E-state index < -0.39 is 0 Å². The number of fused-ring (bicyclic) bond motifs is 1. The van der Waals surface area contributed by atoms with Crippen molar-refractivity contribution in [3.05, 3.63) is 65.6 Å². The van der Waals surface area contributed by atoms with Gasteiger partial charge in [-0.05, 0) is 23.3 Å². The van der Waals surface area contributed by atoms with Crippen LogP contribution < -0.4 is 5.32 Å². The molecular weight excluding hydrogens is 260 g/mol. The molecule has 3 aromatic rings. The van der Waals surface area contributed by atoms with Crippen LogP contribution in [0.5, 0.6) is 0 Å². The Hall–Kier alpha value is -2.64. The van der Waals surface area contributed by atoms with E-state index in [0.717, 1.165) is 29.6 Å². The summed E-state index contributed by atoms with van der Waals surface area (Å²) in [5.41, 5.74) is 4.02. The first-order valence-electron chi connectivity index (χ1n) is 6.86. The Morgan fingerprint density at radius 1 is 1.24 bits per heavy atom. The van der Waals surface area contributed by atoms with Gasteiger partial charge in [-0.2, -0.15) is 5.26 Å². The van der Waals surface area contributed by atoms with Gasteiger partial charge in [-0.3, -0.25) is 4.98 Å². The molecule has 104 valence electrons. The third-order valence-corrected chi connectivity index (χ3v) is 3.54. The van der Waals surface area contributed by atoms with Crippen molar-refractivity contribution in [3.63, 3.8) is 0 Å². The predicted octanol–water partition coefficient (Wildman–Crippen LogP) is 2.73. The van der Waals surface area contributed by atoms with Crippen LogP contribution in [0.15, 0.2) is 48.8 Å². The fourth-order valence-electron chi connectivity index (χ4n) is 2.49. The van der Waals surface area contributed by atoms with E-state index in [-0.39, 0.29) is 0 Å². The number of nitrogens with zero attached hydrogens (tertiary/aromatic N) is 3. The van der Waals surface area contributed by atoms with Gasteiger partial charge in [-0.1, -0.05) is 24.3 Å². The molecule has 0 atom stereocenters. The van der Waals surface area contributed by atoms with Crippen LogP contribution in [0.4, 0.5) is 0 Å². The van der Waals surface area contributed by atoms with E-state index in [1.807, 2.05) is 36.1 Å². The van der Waals surface area contributed by atoms with E-state index in [1.165, 1.54) is 5.56 Å². The maximum absolute atomic E-state index is 8.95. The van der Waals surface area contributed by atoms with Gasteiger partial charge in [0.25, 0.3) is 0 Å². The second kappa shape index (κ2) is 5.78. The number of hydrogen-bond donors (Lipinski definition) is 1. The molecule has 0 aliphatic rings. The van der Waals surface area contributed by atoms with E-state index in [2.05, 4.69) is 40.6 Å². The molecule has 0 unspecified atom stereocenters. The molecule has 4 heteroatoms. The molecule has 1 aromatic carbocycles. The van der Waals surface area contributed by atoms with Crippen LogP contribution in [-0.2, 0) is 20.1 Å². The largest absolute Gasteiger partial charge is 0.342 e. The highest BCUT2D eigenvalue weighted by Gasteiger charge is 2.04. The van der Waals surface area contributed by atoms with Gasteiger partial charge in [0.1, 0.15) is 11.8 Å². The van der Waals surface area contributed by atoms with Crippen molar-refractivity contribution in [2.45, 2.75) is 13.1 Å². The van der Waals surface area contributed by atoms with Crippen molar-refractivity contribution < 1.29 is 0 Å². The average Bonchev–Trinajstić information content (AvgIpc) is 2.87. The topological polar surface area (TPSA) is 53.6 Å². The van der Waals surface area contributed by atoms with Gasteiger partial charge in [-0.15, -0.1) is 0 Å². The lowest BCUT2D eigenvalue weighted by atomic mass is 10.1. The van der Waals surface area contributed by atoms with Gasteiger partial charge < -0.3 is 9.88 Å². The van der Waals surface area contributed by atoms with Crippen LogP contribution in [-0.4, -0.2) is 9.55 Å². The van der Waals surface area contributed by atoms with Crippen LogP contribution >= 0.6 is 0 Å². The molecule has 1 N–H and O–H groups in total. The third kappa shape index (κ3) is 2.78. The molecule has 4 nitrogen and oxygen atoms in total. The minimum absolute atomic E-state index is 0.679. The molecule has 0 bridgehead atoms. The zero-order chi connectivity index (χ0) is 14.7. The molecule has 0 aliphatic carbocycles. The van der Waals surface area contributed by atoms with E-state index in [4.69, 9.17) is 5.26 Å². The van der Waals surface area contributed by atoms with Gasteiger partial charge in [0.2, 0.25) is 0 Å². The highest BCUT2D eigenvalue weighted by molar-refractivity contribution is 5.81. The van der Waals surface area contributed by atoms with Crippen molar-refractivity contribution in [1.82, 2.24) is 14.9 Å². The fraction of sp³-hybridized carbons (Fsp3) is 0.176. The first-order chi connectivity index (χ1) is 10.3. The monoisotopic (exact) mass is 276 g/mol. The summed E-state index contributed by atoms with van der Waals surface area (Å²) in [6, 6.07) is 14.3. The smallest absolute Gasteiger partial charge is 0.120 e. The summed E-state index contributed by atoms with van der Waals surface area (Å²) in [6.45, 7) is 1.49. The Bertz CT molecular complexity index is 806. The minimum atomic E-state index is 0.679. The highest BCUT2D eigenvalue weighted by atomic mass is 14.9. The van der Waals surface area contributed by atoms with Crippen molar-refractivity contribution in [3.8, 4) is 6.07 Å². The quantitative estimate of drug-likeness (QED) is 0.797. The first-order valence-corrected chi connectivity index (χ1v) is 6.86. The third-order valence-electron chi connectivity index (χ3n) is 3.54. The number of nitrogens with one attached hydrogen (secondary N) is 1. The number of aryl methyl sites for hydroxylation is 1. The summed E-state index contributed by atoms with van der Waals surface area (Å²) in [4.78, 5) is 4.45. The van der Waals surface area contributed by atoms with E-state index in [9.17, 15) is 0 Å². The Morgan fingerprint density at radius 3 is 2.90 bits per heavy atom. The minimum Gasteiger partial charge on any atom is -0.342 e. The van der Waals surface area contributed by atoms with Crippen LogP contribution in [0.2, 0.25) is 0 Å². The lowest BCUT2D eigenvalue weighted by molar-refractivity contribution is 0.694. The Balaban J connectivity index is 1.71. The standard InChI is InChI=1S/C17H16N4/c1-21-12-13(8-16(21)9-18)10-19-11-15-5-2-4-14-6-3-7-20-17(14)15/h2-8,12,19H,10-11H2,1H3. The van der Waals surface area contributed by atoms with Gasteiger partial charge in [0.15, 0.2) is 0 Å². The zero-order valence-corrected chi connectivity index (χ0v) is 11.9. The van der Waals surface area contributed by atoms with Crippen molar-refractivity contribution in [2.75, 3.05) is 0 Å². The van der Waals surface area contributed by atoms with Crippen molar-refractivity contribution in [2.24, 2.45) is 7.05 Å². The van der Waals surface area contributed by atoms with Gasteiger partial charge in [0, 0.05) is 37.9 Å². The number of rotatable bonds is 4. The molecule has 0 radical (unpaired) electrons. The molecule has 0 amide bonds. The second-order valence-electron chi connectivity index (χ2n) is 5.05.